The first-order valence-corrected chi connectivity index (χ1v) is 8.71. The van der Waals surface area contributed by atoms with E-state index in [-0.39, 0.29) is 17.3 Å². The number of hydrogen-bond acceptors (Lipinski definition) is 7. The van der Waals surface area contributed by atoms with Crippen molar-refractivity contribution in [2.24, 2.45) is 0 Å². The Kier molecular flexibility index (Phi) is 6.00. The summed E-state index contributed by atoms with van der Waals surface area (Å²) in [5.41, 5.74) is -0.549. The van der Waals surface area contributed by atoms with Gasteiger partial charge >= 0.3 is 11.9 Å². The number of aromatic nitrogens is 2. The predicted octanol–water partition coefficient (Wildman–Crippen LogP) is 5.29. The van der Waals surface area contributed by atoms with Crippen LogP contribution in [0.2, 0.25) is 0 Å². The highest BCUT2D eigenvalue weighted by molar-refractivity contribution is 5.76. The summed E-state index contributed by atoms with van der Waals surface area (Å²) in [7, 11) is 0. The van der Waals surface area contributed by atoms with E-state index in [4.69, 9.17) is 4.74 Å². The summed E-state index contributed by atoms with van der Waals surface area (Å²) in [6.45, 7) is 2.35. The smallest absolute Gasteiger partial charge is 0.416 e. The second kappa shape index (κ2) is 8.64. The van der Waals surface area contributed by atoms with Gasteiger partial charge in [-0.25, -0.2) is 9.97 Å². The Labute approximate surface area is 168 Å². The maximum Gasteiger partial charge on any atom is 0.416 e. The quantitative estimate of drug-likeness (QED) is 0.396. The molecule has 0 fully saturated rings. The lowest BCUT2D eigenvalue weighted by Gasteiger charge is -2.11. The molecule has 3 aromatic rings. The molecule has 2 N–H and O–H groups in total. The van der Waals surface area contributed by atoms with Crippen LogP contribution in [0.1, 0.15) is 12.5 Å². The van der Waals surface area contributed by atoms with Crippen molar-refractivity contribution in [2.75, 3.05) is 17.2 Å². The largest absolute Gasteiger partial charge is 0.494 e. The molecule has 8 nitrogen and oxygen atoms in total. The molecule has 3 rings (SSSR count). The van der Waals surface area contributed by atoms with Crippen molar-refractivity contribution < 1.29 is 22.8 Å². The second-order valence-corrected chi connectivity index (χ2v) is 5.96. The van der Waals surface area contributed by atoms with Crippen LogP contribution in [0.25, 0.3) is 0 Å². The van der Waals surface area contributed by atoms with Gasteiger partial charge in [0.25, 0.3) is 0 Å². The molecule has 0 saturated carbocycles. The van der Waals surface area contributed by atoms with Crippen LogP contribution in [0.3, 0.4) is 0 Å². The highest BCUT2D eigenvalue weighted by Gasteiger charge is 2.30. The fourth-order valence-electron chi connectivity index (χ4n) is 2.55. The highest BCUT2D eigenvalue weighted by Crippen LogP contribution is 2.34. The average molecular weight is 419 g/mol. The first-order valence-electron chi connectivity index (χ1n) is 8.71. The molecule has 0 radical (unpaired) electrons. The Morgan fingerprint density at radius 3 is 1.90 bits per heavy atom. The SMILES string of the molecule is CCOc1ccc(Nc2ncnc(Nc3ccc(C(F)(F)F)cc3)c2[N+](=O)[O-])cc1. The first kappa shape index (κ1) is 20.8. The maximum absolute atomic E-state index is 12.7. The monoisotopic (exact) mass is 419 g/mol. The van der Waals surface area contributed by atoms with Gasteiger partial charge < -0.3 is 15.4 Å². The Hall–Kier alpha value is -3.89. The fraction of sp³-hybridized carbons (Fsp3) is 0.158. The lowest BCUT2D eigenvalue weighted by molar-refractivity contribution is -0.383. The summed E-state index contributed by atoms with van der Waals surface area (Å²) in [5.74, 6) is 0.404. The molecule has 0 unspecified atom stereocenters. The van der Waals surface area contributed by atoms with Gasteiger partial charge in [0.2, 0.25) is 11.6 Å². The standard InChI is InChI=1S/C19H16F3N5O3/c1-2-30-15-9-7-14(8-10-15)26-18-16(27(28)29)17(23-11-24-18)25-13-5-3-12(4-6-13)19(20,21)22/h3-11H,2H2,1H3,(H2,23,24,25,26). The maximum atomic E-state index is 12.7. The Morgan fingerprint density at radius 2 is 1.47 bits per heavy atom. The van der Waals surface area contributed by atoms with Gasteiger partial charge in [-0.2, -0.15) is 13.2 Å². The number of rotatable bonds is 7. The van der Waals surface area contributed by atoms with Gasteiger partial charge in [0.1, 0.15) is 12.1 Å². The van der Waals surface area contributed by atoms with Crippen LogP contribution in [0.15, 0.2) is 54.9 Å². The van der Waals surface area contributed by atoms with Gasteiger partial charge in [-0.05, 0) is 55.5 Å². The third kappa shape index (κ3) is 4.93. The number of anilines is 4. The van der Waals surface area contributed by atoms with E-state index in [0.29, 0.717) is 18.0 Å². The highest BCUT2D eigenvalue weighted by atomic mass is 19.4. The lowest BCUT2D eigenvalue weighted by Crippen LogP contribution is -2.06. The molecular weight excluding hydrogens is 403 g/mol. The van der Waals surface area contributed by atoms with Gasteiger partial charge in [-0.3, -0.25) is 10.1 Å². The third-order valence-corrected chi connectivity index (χ3v) is 3.91. The summed E-state index contributed by atoms with van der Waals surface area (Å²) in [6.07, 6.45) is -3.37. The summed E-state index contributed by atoms with van der Waals surface area (Å²) < 4.78 is 43.4. The molecule has 0 bridgehead atoms. The van der Waals surface area contributed by atoms with Crippen LogP contribution in [-0.2, 0) is 6.18 Å². The minimum atomic E-state index is -4.48. The molecule has 0 amide bonds. The number of hydrogen-bond donors (Lipinski definition) is 2. The summed E-state index contributed by atoms with van der Waals surface area (Å²) in [5, 5.41) is 17.1. The summed E-state index contributed by atoms with van der Waals surface area (Å²) in [4.78, 5) is 18.7. The van der Waals surface area contributed by atoms with Crippen LogP contribution in [0, 0.1) is 10.1 Å². The van der Waals surface area contributed by atoms with Crippen molar-refractivity contribution in [3.8, 4) is 5.75 Å². The van der Waals surface area contributed by atoms with Gasteiger partial charge in [-0.15, -0.1) is 0 Å². The number of ether oxygens (including phenoxy) is 1. The van der Waals surface area contributed by atoms with Crippen molar-refractivity contribution >= 4 is 28.7 Å². The molecular formula is C19H16F3N5O3. The molecule has 0 aliphatic carbocycles. The van der Waals surface area contributed by atoms with Gasteiger partial charge in [0.15, 0.2) is 0 Å². The number of nitrogens with one attached hydrogen (secondary N) is 2. The zero-order valence-corrected chi connectivity index (χ0v) is 15.6. The van der Waals surface area contributed by atoms with E-state index < -0.39 is 22.4 Å². The van der Waals surface area contributed by atoms with E-state index in [1.54, 1.807) is 24.3 Å². The number of alkyl halides is 3. The van der Waals surface area contributed by atoms with Crippen LogP contribution in [0.5, 0.6) is 5.75 Å². The molecule has 0 spiro atoms. The van der Waals surface area contributed by atoms with E-state index in [9.17, 15) is 23.3 Å². The summed E-state index contributed by atoms with van der Waals surface area (Å²) in [6, 6.07) is 10.8. The predicted molar refractivity (Wildman–Crippen MR) is 104 cm³/mol. The normalized spacial score (nSPS) is 11.1. The van der Waals surface area contributed by atoms with E-state index >= 15 is 0 Å². The number of halogens is 3. The van der Waals surface area contributed by atoms with E-state index in [2.05, 4.69) is 20.6 Å². The fourth-order valence-corrected chi connectivity index (χ4v) is 2.55. The molecule has 11 heteroatoms. The molecule has 0 aliphatic heterocycles. The Bertz CT molecular complexity index is 1030. The van der Waals surface area contributed by atoms with Gasteiger partial charge in [0, 0.05) is 11.4 Å². The molecule has 0 aliphatic rings. The Morgan fingerprint density at radius 1 is 0.967 bits per heavy atom. The van der Waals surface area contributed by atoms with Crippen molar-refractivity contribution in [3.63, 3.8) is 0 Å². The topological polar surface area (TPSA) is 102 Å². The van der Waals surface area contributed by atoms with E-state index in [0.717, 1.165) is 30.6 Å². The molecule has 1 heterocycles. The minimum Gasteiger partial charge on any atom is -0.494 e. The van der Waals surface area contributed by atoms with Crippen LogP contribution >= 0.6 is 0 Å². The minimum absolute atomic E-state index is 0.0754. The zero-order chi connectivity index (χ0) is 21.7. The van der Waals surface area contributed by atoms with Crippen LogP contribution in [-0.4, -0.2) is 21.5 Å². The van der Waals surface area contributed by atoms with Gasteiger partial charge in [0.05, 0.1) is 17.1 Å². The average Bonchev–Trinajstić information content (AvgIpc) is 2.69. The first-order chi connectivity index (χ1) is 14.3. The zero-order valence-electron chi connectivity index (χ0n) is 15.6. The molecule has 2 aromatic carbocycles. The third-order valence-electron chi connectivity index (χ3n) is 3.91. The lowest BCUT2D eigenvalue weighted by atomic mass is 10.2. The van der Waals surface area contributed by atoms with Crippen molar-refractivity contribution in [3.05, 3.63) is 70.5 Å². The molecule has 30 heavy (non-hydrogen) atoms. The summed E-state index contributed by atoms with van der Waals surface area (Å²) >= 11 is 0. The number of benzene rings is 2. The molecule has 156 valence electrons. The molecule has 0 atom stereocenters. The van der Waals surface area contributed by atoms with Crippen molar-refractivity contribution in [1.29, 1.82) is 0 Å². The van der Waals surface area contributed by atoms with E-state index in [1.807, 2.05) is 6.92 Å². The van der Waals surface area contributed by atoms with Gasteiger partial charge in [-0.1, -0.05) is 0 Å². The molecule has 1 aromatic heterocycles. The van der Waals surface area contributed by atoms with Crippen LogP contribution < -0.4 is 15.4 Å². The van der Waals surface area contributed by atoms with Crippen molar-refractivity contribution in [2.45, 2.75) is 13.1 Å². The molecule has 0 saturated heterocycles. The van der Waals surface area contributed by atoms with Crippen molar-refractivity contribution in [1.82, 2.24) is 9.97 Å². The number of nitrogens with zero attached hydrogens (tertiary/aromatic N) is 3. The Balaban J connectivity index is 1.86. The second-order valence-electron chi connectivity index (χ2n) is 5.96. The van der Waals surface area contributed by atoms with Crippen LogP contribution in [0.4, 0.5) is 41.9 Å². The van der Waals surface area contributed by atoms with E-state index in [1.165, 1.54) is 0 Å². The number of nitro groups is 1.